The minimum Gasteiger partial charge on any atom is -0.376 e. The van der Waals surface area contributed by atoms with Crippen molar-refractivity contribution in [3.8, 4) is 0 Å². The lowest BCUT2D eigenvalue weighted by atomic mass is 10.1. The minimum atomic E-state index is -0.426. The zero-order chi connectivity index (χ0) is 19.0. The van der Waals surface area contributed by atoms with E-state index >= 15 is 0 Å². The predicted molar refractivity (Wildman–Crippen MR) is 98.0 cm³/mol. The standard InChI is InChI=1S/C19H16ClN3O4/c20-12-4-6-16(21-9-12)22-17(24)11-3-5-14-15(8-11)19(26)23(18(14)25)10-13-2-1-7-27-13/h3-6,8-9,13H,1-2,7,10H2,(H,21,22,24). The van der Waals surface area contributed by atoms with E-state index in [4.69, 9.17) is 16.3 Å². The van der Waals surface area contributed by atoms with Crippen molar-refractivity contribution >= 4 is 35.1 Å². The van der Waals surface area contributed by atoms with Crippen molar-refractivity contribution in [2.75, 3.05) is 18.5 Å². The number of hydrogen-bond donors (Lipinski definition) is 1. The molecule has 1 atom stereocenters. The van der Waals surface area contributed by atoms with Crippen molar-refractivity contribution in [2.24, 2.45) is 0 Å². The molecule has 2 aliphatic heterocycles. The number of nitrogens with one attached hydrogen (secondary N) is 1. The molecule has 0 saturated carbocycles. The van der Waals surface area contributed by atoms with Gasteiger partial charge in [0.05, 0.1) is 28.8 Å². The largest absolute Gasteiger partial charge is 0.376 e. The summed E-state index contributed by atoms with van der Waals surface area (Å²) in [5, 5.41) is 3.09. The van der Waals surface area contributed by atoms with Gasteiger partial charge in [-0.05, 0) is 43.2 Å². The summed E-state index contributed by atoms with van der Waals surface area (Å²) in [6.45, 7) is 0.888. The van der Waals surface area contributed by atoms with Gasteiger partial charge in [-0.2, -0.15) is 0 Å². The molecule has 1 aromatic carbocycles. The topological polar surface area (TPSA) is 88.6 Å². The second kappa shape index (κ2) is 7.09. The number of fused-ring (bicyclic) bond motifs is 1. The summed E-state index contributed by atoms with van der Waals surface area (Å²) >= 11 is 5.78. The molecule has 7 nitrogen and oxygen atoms in total. The van der Waals surface area contributed by atoms with Crippen LogP contribution in [-0.4, -0.2) is 46.9 Å². The summed E-state index contributed by atoms with van der Waals surface area (Å²) in [7, 11) is 0. The zero-order valence-corrected chi connectivity index (χ0v) is 15.0. The van der Waals surface area contributed by atoms with Gasteiger partial charge >= 0.3 is 0 Å². The highest BCUT2D eigenvalue weighted by Crippen LogP contribution is 2.26. The average Bonchev–Trinajstić information content (AvgIpc) is 3.26. The third-order valence-corrected chi connectivity index (χ3v) is 4.84. The van der Waals surface area contributed by atoms with Crippen LogP contribution in [0.4, 0.5) is 5.82 Å². The number of benzene rings is 1. The van der Waals surface area contributed by atoms with Gasteiger partial charge in [-0.1, -0.05) is 11.6 Å². The predicted octanol–water partition coefficient (Wildman–Crippen LogP) is 2.76. The number of anilines is 1. The van der Waals surface area contributed by atoms with Crippen LogP contribution in [0, 0.1) is 0 Å². The number of carbonyl (C=O) groups is 3. The van der Waals surface area contributed by atoms with Crippen molar-refractivity contribution in [1.29, 1.82) is 0 Å². The van der Waals surface area contributed by atoms with Crippen LogP contribution in [0.15, 0.2) is 36.5 Å². The molecular formula is C19H16ClN3O4. The van der Waals surface area contributed by atoms with Crippen LogP contribution in [0.1, 0.15) is 43.9 Å². The molecule has 138 valence electrons. The van der Waals surface area contributed by atoms with Crippen molar-refractivity contribution in [3.63, 3.8) is 0 Å². The third kappa shape index (κ3) is 3.43. The molecule has 0 bridgehead atoms. The number of imide groups is 1. The number of carbonyl (C=O) groups excluding carboxylic acids is 3. The van der Waals surface area contributed by atoms with Gasteiger partial charge in [-0.15, -0.1) is 0 Å². The molecule has 0 spiro atoms. The highest BCUT2D eigenvalue weighted by molar-refractivity contribution is 6.30. The number of halogens is 1. The molecule has 0 aliphatic carbocycles. The molecule has 1 fully saturated rings. The summed E-state index contributed by atoms with van der Waals surface area (Å²) in [5.74, 6) is -0.834. The van der Waals surface area contributed by atoms with E-state index in [-0.39, 0.29) is 29.7 Å². The average molecular weight is 386 g/mol. The molecule has 27 heavy (non-hydrogen) atoms. The fourth-order valence-electron chi connectivity index (χ4n) is 3.23. The summed E-state index contributed by atoms with van der Waals surface area (Å²) in [5.41, 5.74) is 0.805. The molecule has 1 unspecified atom stereocenters. The monoisotopic (exact) mass is 385 g/mol. The molecule has 3 heterocycles. The van der Waals surface area contributed by atoms with E-state index in [0.29, 0.717) is 23.0 Å². The quantitative estimate of drug-likeness (QED) is 0.817. The molecule has 4 rings (SSSR count). The number of amides is 3. The first-order chi connectivity index (χ1) is 13.0. The molecule has 1 aromatic heterocycles. The molecule has 8 heteroatoms. The lowest BCUT2D eigenvalue weighted by Crippen LogP contribution is -2.36. The third-order valence-electron chi connectivity index (χ3n) is 4.61. The van der Waals surface area contributed by atoms with Gasteiger partial charge < -0.3 is 10.1 Å². The van der Waals surface area contributed by atoms with Gasteiger partial charge in [0.15, 0.2) is 0 Å². The van der Waals surface area contributed by atoms with Crippen LogP contribution in [0.3, 0.4) is 0 Å². The summed E-state index contributed by atoms with van der Waals surface area (Å²) in [4.78, 5) is 42.8. The van der Waals surface area contributed by atoms with Gasteiger partial charge in [0.1, 0.15) is 5.82 Å². The second-order valence-corrected chi connectivity index (χ2v) is 6.87. The van der Waals surface area contributed by atoms with E-state index in [9.17, 15) is 14.4 Å². The van der Waals surface area contributed by atoms with Gasteiger partial charge in [0, 0.05) is 18.4 Å². The Labute approximate surface area is 160 Å². The van der Waals surface area contributed by atoms with Gasteiger partial charge in [0.25, 0.3) is 17.7 Å². The van der Waals surface area contributed by atoms with Gasteiger partial charge in [-0.3, -0.25) is 19.3 Å². The van der Waals surface area contributed by atoms with Crippen LogP contribution < -0.4 is 5.32 Å². The number of nitrogens with zero attached hydrogens (tertiary/aromatic N) is 2. The first-order valence-corrected chi connectivity index (χ1v) is 8.95. The summed E-state index contributed by atoms with van der Waals surface area (Å²) in [6, 6.07) is 7.65. The van der Waals surface area contributed by atoms with Gasteiger partial charge in [-0.25, -0.2) is 4.98 Å². The molecule has 2 aliphatic rings. The maximum absolute atomic E-state index is 12.7. The molecular weight excluding hydrogens is 370 g/mol. The first kappa shape index (κ1) is 17.6. The smallest absolute Gasteiger partial charge is 0.261 e. The summed E-state index contributed by atoms with van der Waals surface area (Å²) in [6.07, 6.45) is 3.06. The number of pyridine rings is 1. The second-order valence-electron chi connectivity index (χ2n) is 6.43. The van der Waals surface area contributed by atoms with Crippen molar-refractivity contribution < 1.29 is 19.1 Å². The van der Waals surface area contributed by atoms with E-state index in [2.05, 4.69) is 10.3 Å². The van der Waals surface area contributed by atoms with Crippen LogP contribution in [0.2, 0.25) is 5.02 Å². The number of hydrogen-bond acceptors (Lipinski definition) is 5. The number of ether oxygens (including phenoxy) is 1. The Morgan fingerprint density at radius 3 is 2.74 bits per heavy atom. The lowest BCUT2D eigenvalue weighted by Gasteiger charge is -2.17. The van der Waals surface area contributed by atoms with Crippen LogP contribution in [0.5, 0.6) is 0 Å². The Morgan fingerprint density at radius 1 is 1.22 bits per heavy atom. The van der Waals surface area contributed by atoms with Crippen LogP contribution in [0.25, 0.3) is 0 Å². The van der Waals surface area contributed by atoms with Crippen molar-refractivity contribution in [3.05, 3.63) is 58.2 Å². The van der Waals surface area contributed by atoms with Crippen molar-refractivity contribution in [1.82, 2.24) is 9.88 Å². The SMILES string of the molecule is O=C(Nc1ccc(Cl)cn1)c1ccc2c(c1)C(=O)N(CC1CCCO1)C2=O. The normalized spacial score (nSPS) is 18.7. The Bertz CT molecular complexity index is 923. The minimum absolute atomic E-state index is 0.119. The van der Waals surface area contributed by atoms with Gasteiger partial charge in [0.2, 0.25) is 0 Å². The van der Waals surface area contributed by atoms with E-state index in [1.165, 1.54) is 29.3 Å². The van der Waals surface area contributed by atoms with E-state index in [1.807, 2.05) is 0 Å². The van der Waals surface area contributed by atoms with Crippen molar-refractivity contribution in [2.45, 2.75) is 18.9 Å². The van der Waals surface area contributed by atoms with E-state index in [0.717, 1.165) is 12.8 Å². The maximum Gasteiger partial charge on any atom is 0.261 e. The van der Waals surface area contributed by atoms with Crippen LogP contribution in [-0.2, 0) is 4.74 Å². The maximum atomic E-state index is 12.7. The summed E-state index contributed by atoms with van der Waals surface area (Å²) < 4.78 is 5.52. The highest BCUT2D eigenvalue weighted by Gasteiger charge is 2.37. The molecule has 0 radical (unpaired) electrons. The number of rotatable bonds is 4. The highest BCUT2D eigenvalue weighted by atomic mass is 35.5. The Balaban J connectivity index is 1.53. The molecule has 1 N–H and O–H groups in total. The van der Waals surface area contributed by atoms with E-state index in [1.54, 1.807) is 12.1 Å². The Kier molecular flexibility index (Phi) is 4.63. The number of aromatic nitrogens is 1. The molecule has 3 amide bonds. The molecule has 1 saturated heterocycles. The molecule has 2 aromatic rings. The fraction of sp³-hybridized carbons (Fsp3) is 0.263. The Hall–Kier alpha value is -2.77. The van der Waals surface area contributed by atoms with E-state index < -0.39 is 11.8 Å². The fourth-order valence-corrected chi connectivity index (χ4v) is 3.34. The first-order valence-electron chi connectivity index (χ1n) is 8.57. The zero-order valence-electron chi connectivity index (χ0n) is 14.3. The van der Waals surface area contributed by atoms with Crippen LogP contribution >= 0.6 is 11.6 Å². The lowest BCUT2D eigenvalue weighted by molar-refractivity contribution is 0.0475. The Morgan fingerprint density at radius 2 is 2.04 bits per heavy atom.